The predicted octanol–water partition coefficient (Wildman–Crippen LogP) is 2.18. The van der Waals surface area contributed by atoms with Gasteiger partial charge in [0.15, 0.2) is 11.0 Å². The number of carbonyl (C=O) groups excluding carboxylic acids is 2. The van der Waals surface area contributed by atoms with Crippen molar-refractivity contribution in [3.63, 3.8) is 0 Å². The zero-order chi connectivity index (χ0) is 24.8. The molecular formula is C23H24N6O5S. The van der Waals surface area contributed by atoms with Crippen molar-refractivity contribution in [2.24, 2.45) is 0 Å². The van der Waals surface area contributed by atoms with Gasteiger partial charge in [-0.05, 0) is 37.3 Å². The summed E-state index contributed by atoms with van der Waals surface area (Å²) in [5.74, 6) is 0.386. The number of aryl methyl sites for hydroxylation is 1. The summed E-state index contributed by atoms with van der Waals surface area (Å²) in [6, 6.07) is 9.92. The highest BCUT2D eigenvalue weighted by Crippen LogP contribution is 2.20. The van der Waals surface area contributed by atoms with Gasteiger partial charge in [-0.15, -0.1) is 0 Å². The summed E-state index contributed by atoms with van der Waals surface area (Å²) < 4.78 is 11.8. The molecule has 11 nitrogen and oxygen atoms in total. The third kappa shape index (κ3) is 5.97. The Hall–Kier alpha value is -3.90. The number of anilines is 1. The van der Waals surface area contributed by atoms with Crippen molar-refractivity contribution in [2.45, 2.75) is 18.6 Å². The monoisotopic (exact) mass is 496 g/mol. The van der Waals surface area contributed by atoms with E-state index in [0.717, 1.165) is 17.5 Å². The third-order valence-corrected chi connectivity index (χ3v) is 5.95. The fourth-order valence-corrected chi connectivity index (χ4v) is 4.11. The molecule has 0 aliphatic heterocycles. The number of methoxy groups -OCH3 is 1. The molecule has 0 aliphatic carbocycles. The second-order valence-electron chi connectivity index (χ2n) is 7.62. The summed E-state index contributed by atoms with van der Waals surface area (Å²) in [7, 11) is 1.55. The van der Waals surface area contributed by atoms with Gasteiger partial charge in [0.25, 0.3) is 11.5 Å². The van der Waals surface area contributed by atoms with E-state index in [1.165, 1.54) is 10.8 Å². The van der Waals surface area contributed by atoms with Crippen molar-refractivity contribution in [2.75, 3.05) is 31.3 Å². The molecule has 4 rings (SSSR count). The molecule has 0 unspecified atom stereocenters. The molecule has 1 aromatic carbocycles. The minimum Gasteiger partial charge on any atom is -0.467 e. The lowest BCUT2D eigenvalue weighted by atomic mass is 10.1. The average molecular weight is 497 g/mol. The Labute approximate surface area is 204 Å². The van der Waals surface area contributed by atoms with Crippen LogP contribution in [-0.2, 0) is 16.1 Å². The second-order valence-corrected chi connectivity index (χ2v) is 8.56. The van der Waals surface area contributed by atoms with E-state index < -0.39 is 0 Å². The van der Waals surface area contributed by atoms with E-state index in [4.69, 9.17) is 9.15 Å². The summed E-state index contributed by atoms with van der Waals surface area (Å²) >= 11 is 1.11. The molecule has 0 radical (unpaired) electrons. The zero-order valence-electron chi connectivity index (χ0n) is 19.2. The van der Waals surface area contributed by atoms with Crippen LogP contribution < -0.4 is 16.2 Å². The fourth-order valence-electron chi connectivity index (χ4n) is 3.31. The number of rotatable bonds is 10. The van der Waals surface area contributed by atoms with Crippen LogP contribution in [0.3, 0.4) is 0 Å². The lowest BCUT2D eigenvalue weighted by Gasteiger charge is -2.13. The molecular weight excluding hydrogens is 472 g/mol. The first-order valence-electron chi connectivity index (χ1n) is 10.7. The number of nitrogens with zero attached hydrogens (tertiary/aromatic N) is 3. The van der Waals surface area contributed by atoms with E-state index in [-0.39, 0.29) is 29.7 Å². The molecule has 3 heterocycles. The molecule has 0 fully saturated rings. The minimum absolute atomic E-state index is 0.000790. The van der Waals surface area contributed by atoms with Gasteiger partial charge < -0.3 is 19.8 Å². The van der Waals surface area contributed by atoms with E-state index in [9.17, 15) is 14.4 Å². The lowest BCUT2D eigenvalue weighted by molar-refractivity contribution is -0.113. The van der Waals surface area contributed by atoms with Gasteiger partial charge in [-0.1, -0.05) is 11.8 Å². The number of hydrogen-bond acceptors (Lipinski definition) is 8. The predicted molar refractivity (Wildman–Crippen MR) is 131 cm³/mol. The number of carbonyl (C=O) groups is 2. The molecule has 0 bridgehead atoms. The number of furan rings is 1. The molecule has 0 saturated heterocycles. The normalized spacial score (nSPS) is 11.0. The molecule has 35 heavy (non-hydrogen) atoms. The van der Waals surface area contributed by atoms with Crippen molar-refractivity contribution < 1.29 is 18.7 Å². The molecule has 0 spiro atoms. The van der Waals surface area contributed by atoms with Gasteiger partial charge in [-0.25, -0.2) is 4.98 Å². The van der Waals surface area contributed by atoms with Crippen LogP contribution in [0.1, 0.15) is 21.8 Å². The summed E-state index contributed by atoms with van der Waals surface area (Å²) in [6.45, 7) is 2.72. The van der Waals surface area contributed by atoms with Crippen LogP contribution in [0, 0.1) is 6.92 Å². The fraction of sp³-hybridized carbons (Fsp3) is 0.261. The van der Waals surface area contributed by atoms with Crippen LogP contribution in [0.15, 0.2) is 57.0 Å². The topological polar surface area (TPSA) is 144 Å². The Balaban J connectivity index is 1.62. The Kier molecular flexibility index (Phi) is 7.63. The molecule has 182 valence electrons. The molecule has 3 aromatic heterocycles. The highest BCUT2D eigenvalue weighted by molar-refractivity contribution is 7.99. The number of thioether (sulfide) groups is 1. The Morgan fingerprint density at radius 3 is 2.83 bits per heavy atom. The number of fused-ring (bicyclic) bond motifs is 1. The molecule has 0 saturated carbocycles. The van der Waals surface area contributed by atoms with Crippen LogP contribution in [0.5, 0.6) is 0 Å². The van der Waals surface area contributed by atoms with Crippen LogP contribution >= 0.6 is 11.8 Å². The minimum atomic E-state index is -0.302. The van der Waals surface area contributed by atoms with E-state index in [2.05, 4.69) is 25.8 Å². The molecule has 3 N–H and O–H groups in total. The number of nitrogens with one attached hydrogen (secondary N) is 3. The van der Waals surface area contributed by atoms with Crippen molar-refractivity contribution in [3.8, 4) is 0 Å². The second kappa shape index (κ2) is 11.0. The van der Waals surface area contributed by atoms with E-state index in [0.29, 0.717) is 46.4 Å². The summed E-state index contributed by atoms with van der Waals surface area (Å²) in [5.41, 5.74) is 1.24. The van der Waals surface area contributed by atoms with Gasteiger partial charge in [-0.2, -0.15) is 5.10 Å². The quantitative estimate of drug-likeness (QED) is 0.172. The number of aromatic amines is 1. The first-order chi connectivity index (χ1) is 16.9. The maximum atomic E-state index is 13.3. The molecule has 2 amide bonds. The number of aromatic nitrogens is 4. The standard InChI is InChI=1S/C23H24N6O5S/c1-14-10-19(28-27-14)26-20(30)13-35-23-25-18-11-15(21(31)24-7-9-33-2)5-6-17(18)22(32)29(23)12-16-4-3-8-34-16/h3-6,8,10-11H,7,9,12-13H2,1-2H3,(H,24,31)(H2,26,27,28,30). The van der Waals surface area contributed by atoms with E-state index in [1.54, 1.807) is 43.5 Å². The van der Waals surface area contributed by atoms with Crippen LogP contribution in [0.2, 0.25) is 0 Å². The molecule has 0 aliphatic rings. The highest BCUT2D eigenvalue weighted by atomic mass is 32.2. The summed E-state index contributed by atoms with van der Waals surface area (Å²) in [5, 5.41) is 12.9. The summed E-state index contributed by atoms with van der Waals surface area (Å²) in [4.78, 5) is 42.9. The average Bonchev–Trinajstić information content (AvgIpc) is 3.51. The molecule has 4 aromatic rings. The number of H-pyrrole nitrogens is 1. The number of amides is 2. The van der Waals surface area contributed by atoms with Crippen molar-refractivity contribution in [1.29, 1.82) is 0 Å². The number of benzene rings is 1. The smallest absolute Gasteiger partial charge is 0.262 e. The number of hydrogen-bond donors (Lipinski definition) is 3. The SMILES string of the molecule is COCCNC(=O)c1ccc2c(=O)n(Cc3ccco3)c(SCC(=O)Nc3cc(C)[nH]n3)nc2c1. The van der Waals surface area contributed by atoms with Crippen LogP contribution in [0.25, 0.3) is 10.9 Å². The van der Waals surface area contributed by atoms with Crippen molar-refractivity contribution in [3.05, 3.63) is 70.0 Å². The van der Waals surface area contributed by atoms with Crippen LogP contribution in [0.4, 0.5) is 5.82 Å². The lowest BCUT2D eigenvalue weighted by Crippen LogP contribution is -2.27. The van der Waals surface area contributed by atoms with Gasteiger partial charge in [0.05, 0.1) is 36.1 Å². The molecule has 12 heteroatoms. The largest absolute Gasteiger partial charge is 0.467 e. The zero-order valence-corrected chi connectivity index (χ0v) is 20.0. The molecule has 0 atom stereocenters. The maximum Gasteiger partial charge on any atom is 0.262 e. The van der Waals surface area contributed by atoms with Gasteiger partial charge >= 0.3 is 0 Å². The number of ether oxygens (including phenoxy) is 1. The van der Waals surface area contributed by atoms with Gasteiger partial charge in [-0.3, -0.25) is 24.0 Å². The Bertz CT molecular complexity index is 1400. The van der Waals surface area contributed by atoms with Gasteiger partial charge in [0.1, 0.15) is 5.76 Å². The third-order valence-electron chi connectivity index (χ3n) is 4.97. The first kappa shape index (κ1) is 24.2. The maximum absolute atomic E-state index is 13.3. The van der Waals surface area contributed by atoms with Gasteiger partial charge in [0.2, 0.25) is 5.91 Å². The Morgan fingerprint density at radius 2 is 2.11 bits per heavy atom. The van der Waals surface area contributed by atoms with Gasteiger partial charge in [0, 0.05) is 31.0 Å². The van der Waals surface area contributed by atoms with E-state index in [1.807, 2.05) is 6.92 Å². The summed E-state index contributed by atoms with van der Waals surface area (Å²) in [6.07, 6.45) is 1.52. The first-order valence-corrected chi connectivity index (χ1v) is 11.7. The van der Waals surface area contributed by atoms with Crippen molar-refractivity contribution >= 4 is 40.3 Å². The van der Waals surface area contributed by atoms with Crippen LogP contribution in [-0.4, -0.2) is 57.6 Å². The highest BCUT2D eigenvalue weighted by Gasteiger charge is 2.17. The van der Waals surface area contributed by atoms with Crippen molar-refractivity contribution in [1.82, 2.24) is 25.1 Å². The Morgan fingerprint density at radius 1 is 1.26 bits per heavy atom. The van der Waals surface area contributed by atoms with E-state index >= 15 is 0 Å².